The minimum atomic E-state index is 0.598. The van der Waals surface area contributed by atoms with Crippen LogP contribution in [0.2, 0.25) is 0 Å². The van der Waals surface area contributed by atoms with Crippen molar-refractivity contribution in [3.8, 4) is 0 Å². The fourth-order valence-electron chi connectivity index (χ4n) is 1.18. The highest BCUT2D eigenvalue weighted by Gasteiger charge is 2.08. The smallest absolute Gasteiger partial charge is 0.221 e. The largest absolute Gasteiger partial charge is 0.619 e. The molecule has 0 bridgehead atoms. The first kappa shape index (κ1) is 11.2. The average molecular weight is 257 g/mol. The maximum atomic E-state index is 11.1. The van der Waals surface area contributed by atoms with Gasteiger partial charge in [0.25, 0.3) is 0 Å². The second kappa shape index (κ2) is 5.12. The summed E-state index contributed by atoms with van der Waals surface area (Å²) in [6, 6.07) is 5.60. The molecular weight excluding hydrogens is 244 g/mol. The second-order valence-corrected chi connectivity index (χ2v) is 3.85. The van der Waals surface area contributed by atoms with Crippen LogP contribution >= 0.6 is 15.9 Å². The van der Waals surface area contributed by atoms with E-state index in [0.717, 1.165) is 16.6 Å². The van der Waals surface area contributed by atoms with E-state index in [9.17, 15) is 5.21 Å². The highest BCUT2D eigenvalue weighted by Crippen LogP contribution is 2.22. The van der Waals surface area contributed by atoms with E-state index < -0.39 is 0 Å². The molecule has 1 aromatic rings. The van der Waals surface area contributed by atoms with Gasteiger partial charge in [0.2, 0.25) is 5.69 Å². The molecule has 1 rings (SSSR count). The molecule has 0 aromatic heterocycles. The molecule has 1 N–H and O–H groups in total. The van der Waals surface area contributed by atoms with Crippen molar-refractivity contribution in [2.75, 3.05) is 6.54 Å². The van der Waals surface area contributed by atoms with Gasteiger partial charge in [-0.2, -0.15) is 4.74 Å². The van der Waals surface area contributed by atoms with E-state index in [1.807, 2.05) is 19.1 Å². The van der Waals surface area contributed by atoms with Crippen molar-refractivity contribution in [3.63, 3.8) is 0 Å². The lowest BCUT2D eigenvalue weighted by molar-refractivity contribution is -0.350. The predicted octanol–water partition coefficient (Wildman–Crippen LogP) is 2.40. The third-order valence-electron chi connectivity index (χ3n) is 1.88. The van der Waals surface area contributed by atoms with Gasteiger partial charge in [-0.05, 0) is 18.7 Å². The van der Waals surface area contributed by atoms with E-state index in [1.165, 1.54) is 0 Å². The standard InChI is InChI=1S/C10H13BrN2O/c1-3-12-7-8-4-5-9(11)6-10(8)13(2)14/h4-6,12H,2-3,7H2,1H3. The fourth-order valence-corrected chi connectivity index (χ4v) is 1.53. The van der Waals surface area contributed by atoms with Crippen LogP contribution < -0.4 is 5.32 Å². The van der Waals surface area contributed by atoms with Gasteiger partial charge in [-0.15, -0.1) is 0 Å². The summed E-state index contributed by atoms with van der Waals surface area (Å²) in [4.78, 5) is 0. The zero-order valence-electron chi connectivity index (χ0n) is 8.09. The van der Waals surface area contributed by atoms with Gasteiger partial charge in [0.15, 0.2) is 0 Å². The van der Waals surface area contributed by atoms with E-state index >= 15 is 0 Å². The number of hydrogen-bond donors (Lipinski definition) is 1. The third-order valence-corrected chi connectivity index (χ3v) is 2.37. The minimum absolute atomic E-state index is 0.598. The van der Waals surface area contributed by atoms with Gasteiger partial charge in [-0.1, -0.05) is 22.9 Å². The van der Waals surface area contributed by atoms with Crippen LogP contribution in [0.1, 0.15) is 12.5 Å². The van der Waals surface area contributed by atoms with Crippen molar-refractivity contribution in [1.29, 1.82) is 0 Å². The van der Waals surface area contributed by atoms with Crippen molar-refractivity contribution in [3.05, 3.63) is 33.4 Å². The molecular formula is C10H13BrN2O. The quantitative estimate of drug-likeness (QED) is 0.389. The molecule has 0 spiro atoms. The van der Waals surface area contributed by atoms with E-state index in [-0.39, 0.29) is 0 Å². The van der Waals surface area contributed by atoms with Gasteiger partial charge in [0.05, 0.1) is 0 Å². The lowest BCUT2D eigenvalue weighted by atomic mass is 10.2. The number of nitrogens with zero attached hydrogens (tertiary/aromatic N) is 1. The molecule has 0 saturated carbocycles. The predicted molar refractivity (Wildman–Crippen MR) is 61.9 cm³/mol. The summed E-state index contributed by atoms with van der Waals surface area (Å²) in [5, 5.41) is 14.3. The van der Waals surface area contributed by atoms with Gasteiger partial charge in [0.1, 0.15) is 6.72 Å². The maximum Gasteiger partial charge on any atom is 0.221 e. The molecule has 1 aromatic carbocycles. The lowest BCUT2D eigenvalue weighted by Gasteiger charge is -2.08. The number of hydrogen-bond acceptors (Lipinski definition) is 2. The number of benzene rings is 1. The van der Waals surface area contributed by atoms with Crippen LogP contribution in [-0.2, 0) is 6.54 Å². The van der Waals surface area contributed by atoms with Crippen LogP contribution in [-0.4, -0.2) is 18.0 Å². The van der Waals surface area contributed by atoms with Gasteiger partial charge < -0.3 is 10.5 Å². The van der Waals surface area contributed by atoms with Crippen molar-refractivity contribution in [1.82, 2.24) is 5.32 Å². The number of nitrogens with one attached hydrogen (secondary N) is 1. The van der Waals surface area contributed by atoms with Gasteiger partial charge >= 0.3 is 0 Å². The number of halogens is 1. The molecule has 3 nitrogen and oxygen atoms in total. The van der Waals surface area contributed by atoms with E-state index in [0.29, 0.717) is 17.0 Å². The highest BCUT2D eigenvalue weighted by atomic mass is 79.9. The van der Waals surface area contributed by atoms with E-state index in [2.05, 4.69) is 28.0 Å². The molecule has 4 heteroatoms. The highest BCUT2D eigenvalue weighted by molar-refractivity contribution is 9.10. The van der Waals surface area contributed by atoms with Crippen LogP contribution in [0.5, 0.6) is 0 Å². The molecule has 14 heavy (non-hydrogen) atoms. The molecule has 0 saturated heterocycles. The summed E-state index contributed by atoms with van der Waals surface area (Å²) >= 11 is 3.32. The summed E-state index contributed by atoms with van der Waals surface area (Å²) in [5.74, 6) is 0. The maximum absolute atomic E-state index is 11.1. The molecule has 0 amide bonds. The van der Waals surface area contributed by atoms with Gasteiger partial charge in [0, 0.05) is 22.6 Å². The Labute approximate surface area is 92.2 Å². The minimum Gasteiger partial charge on any atom is -0.619 e. The van der Waals surface area contributed by atoms with Crippen LogP contribution in [0.15, 0.2) is 22.7 Å². The molecule has 0 heterocycles. The summed E-state index contributed by atoms with van der Waals surface area (Å²) < 4.78 is 1.52. The molecule has 0 unspecified atom stereocenters. The molecule has 0 radical (unpaired) electrons. The lowest BCUT2D eigenvalue weighted by Crippen LogP contribution is -2.13. The van der Waals surface area contributed by atoms with E-state index in [4.69, 9.17) is 0 Å². The Kier molecular flexibility index (Phi) is 4.10. The molecule has 0 atom stereocenters. The van der Waals surface area contributed by atoms with Gasteiger partial charge in [-0.3, -0.25) is 0 Å². The summed E-state index contributed by atoms with van der Waals surface area (Å²) in [6.45, 7) is 6.94. The topological polar surface area (TPSA) is 38.1 Å². The van der Waals surface area contributed by atoms with Crippen molar-refractivity contribution in [2.45, 2.75) is 13.5 Å². The summed E-state index contributed by atoms with van der Waals surface area (Å²) in [5.41, 5.74) is 1.56. The Bertz CT molecular complexity index is 339. The molecule has 0 aliphatic rings. The molecule has 0 aliphatic carbocycles. The van der Waals surface area contributed by atoms with Crippen LogP contribution in [0, 0.1) is 5.21 Å². The van der Waals surface area contributed by atoms with Crippen LogP contribution in [0.25, 0.3) is 0 Å². The SMILES string of the molecule is C=[N+]([O-])c1cc(Br)ccc1CNCC. The van der Waals surface area contributed by atoms with Gasteiger partial charge in [-0.25, -0.2) is 0 Å². The third kappa shape index (κ3) is 2.82. The normalized spacial score (nSPS) is 10.1. The molecule has 0 aliphatic heterocycles. The monoisotopic (exact) mass is 256 g/mol. The summed E-state index contributed by atoms with van der Waals surface area (Å²) in [7, 11) is 0. The Morgan fingerprint density at radius 1 is 1.57 bits per heavy atom. The molecule has 0 fully saturated rings. The first-order chi connectivity index (χ1) is 6.65. The van der Waals surface area contributed by atoms with Crippen LogP contribution in [0.3, 0.4) is 0 Å². The Balaban J connectivity index is 2.96. The Morgan fingerprint density at radius 2 is 2.29 bits per heavy atom. The summed E-state index contributed by atoms with van der Waals surface area (Å²) in [6.07, 6.45) is 0. The van der Waals surface area contributed by atoms with Crippen LogP contribution in [0.4, 0.5) is 5.69 Å². The molecule has 76 valence electrons. The van der Waals surface area contributed by atoms with Crippen molar-refractivity contribution in [2.24, 2.45) is 0 Å². The zero-order valence-corrected chi connectivity index (χ0v) is 9.67. The fraction of sp³-hybridized carbons (Fsp3) is 0.300. The van der Waals surface area contributed by atoms with Crippen molar-refractivity contribution < 1.29 is 4.74 Å². The first-order valence-electron chi connectivity index (χ1n) is 4.42. The van der Waals surface area contributed by atoms with E-state index in [1.54, 1.807) is 6.07 Å². The second-order valence-electron chi connectivity index (χ2n) is 2.93. The first-order valence-corrected chi connectivity index (χ1v) is 5.21. The van der Waals surface area contributed by atoms with Crippen molar-refractivity contribution >= 4 is 28.3 Å². The average Bonchev–Trinajstić information content (AvgIpc) is 2.15. The zero-order chi connectivity index (χ0) is 10.6. The Hall–Kier alpha value is -0.870. The Morgan fingerprint density at radius 3 is 2.86 bits per heavy atom. The number of rotatable bonds is 4.